The number of nitrogens with zero attached hydrogens (tertiary/aromatic N) is 1. The molecule has 0 fully saturated rings. The number of aromatic hydroxyl groups is 1. The van der Waals surface area contributed by atoms with Crippen molar-refractivity contribution in [1.82, 2.24) is 4.90 Å². The van der Waals surface area contributed by atoms with Crippen LogP contribution in [0.25, 0.3) is 11.1 Å². The van der Waals surface area contributed by atoms with Crippen LogP contribution in [0.4, 0.5) is 13.2 Å². The first-order valence-electron chi connectivity index (χ1n) is 13.4. The van der Waals surface area contributed by atoms with Crippen molar-refractivity contribution >= 4 is 22.3 Å². The minimum Gasteiger partial charge on any atom is -0.616 e. The van der Waals surface area contributed by atoms with Gasteiger partial charge in [0.05, 0.1) is 6.42 Å². The Morgan fingerprint density at radius 2 is 1.65 bits per heavy atom. The third kappa shape index (κ3) is 10.4. The van der Waals surface area contributed by atoms with E-state index in [4.69, 9.17) is 0 Å². The summed E-state index contributed by atoms with van der Waals surface area (Å²) in [5.74, 6) is 0.373. The molecule has 0 bridgehead atoms. The van der Waals surface area contributed by atoms with Gasteiger partial charge in [0.25, 0.3) is 0 Å². The first-order chi connectivity index (χ1) is 17.7. The Labute approximate surface area is 223 Å². The monoisotopic (exact) mass is 535 g/mol. The standard InChI is InChI=1S/C30H40F3NO2S/c1-34(20-10-21-37(36)22-18-30(31,32)33)19-8-3-2-7-14-29-27(24-11-5-4-6-12-24)15-9-13-25-23-26(35)16-17-28(25)29/h4-6,11-12,16-17,23,35H,2-3,7-10,13-15,18-22H2,1H3. The highest BCUT2D eigenvalue weighted by Gasteiger charge is 2.29. The third-order valence-electron chi connectivity index (χ3n) is 7.02. The van der Waals surface area contributed by atoms with Crippen LogP contribution in [0.3, 0.4) is 0 Å². The van der Waals surface area contributed by atoms with Gasteiger partial charge in [-0.3, -0.25) is 0 Å². The molecule has 0 saturated heterocycles. The molecule has 0 radical (unpaired) electrons. The smallest absolute Gasteiger partial charge is 0.393 e. The minimum atomic E-state index is -4.23. The van der Waals surface area contributed by atoms with Gasteiger partial charge < -0.3 is 14.6 Å². The van der Waals surface area contributed by atoms with Crippen molar-refractivity contribution in [3.63, 3.8) is 0 Å². The second-order valence-electron chi connectivity index (χ2n) is 10.1. The highest BCUT2D eigenvalue weighted by atomic mass is 32.2. The molecule has 1 atom stereocenters. The van der Waals surface area contributed by atoms with E-state index in [-0.39, 0.29) is 5.75 Å². The summed E-state index contributed by atoms with van der Waals surface area (Å²) in [6, 6.07) is 16.4. The van der Waals surface area contributed by atoms with Crippen LogP contribution < -0.4 is 0 Å². The van der Waals surface area contributed by atoms with Gasteiger partial charge in [-0.25, -0.2) is 0 Å². The van der Waals surface area contributed by atoms with Crippen molar-refractivity contribution in [2.75, 3.05) is 31.6 Å². The number of fused-ring (bicyclic) bond motifs is 1. The van der Waals surface area contributed by atoms with Crippen LogP contribution in [0.2, 0.25) is 0 Å². The highest BCUT2D eigenvalue weighted by Crippen LogP contribution is 2.39. The summed E-state index contributed by atoms with van der Waals surface area (Å²) in [7, 11) is 2.02. The highest BCUT2D eigenvalue weighted by molar-refractivity contribution is 7.91. The maximum Gasteiger partial charge on any atom is 0.393 e. The molecule has 7 heteroatoms. The zero-order valence-electron chi connectivity index (χ0n) is 21.9. The van der Waals surface area contributed by atoms with Crippen molar-refractivity contribution < 1.29 is 22.8 Å². The number of halogens is 3. The van der Waals surface area contributed by atoms with Crippen LogP contribution in [-0.2, 0) is 17.6 Å². The normalized spacial score (nSPS) is 15.1. The number of phenols is 1. The Morgan fingerprint density at radius 1 is 0.919 bits per heavy atom. The minimum absolute atomic E-state index is 0.290. The largest absolute Gasteiger partial charge is 0.616 e. The first kappa shape index (κ1) is 29.6. The zero-order chi connectivity index (χ0) is 26.7. The number of benzene rings is 2. The van der Waals surface area contributed by atoms with Gasteiger partial charge in [-0.2, -0.15) is 13.2 Å². The van der Waals surface area contributed by atoms with Crippen LogP contribution in [0, 0.1) is 0 Å². The van der Waals surface area contributed by atoms with Gasteiger partial charge in [-0.15, -0.1) is 0 Å². The molecule has 0 aliphatic heterocycles. The summed E-state index contributed by atoms with van der Waals surface area (Å²) in [5.41, 5.74) is 6.65. The molecule has 37 heavy (non-hydrogen) atoms. The number of hydrogen-bond donors (Lipinski definition) is 1. The van der Waals surface area contributed by atoms with Crippen molar-refractivity contribution in [2.45, 2.75) is 70.4 Å². The average Bonchev–Trinajstić information content (AvgIpc) is 3.04. The summed E-state index contributed by atoms with van der Waals surface area (Å²) in [6.45, 7) is 1.70. The summed E-state index contributed by atoms with van der Waals surface area (Å²) in [5, 5.41) is 10.0. The number of alkyl halides is 3. The molecule has 3 rings (SSSR count). The van der Waals surface area contributed by atoms with Crippen molar-refractivity contribution in [1.29, 1.82) is 0 Å². The molecule has 3 nitrogen and oxygen atoms in total. The van der Waals surface area contributed by atoms with E-state index in [0.717, 1.165) is 64.5 Å². The summed E-state index contributed by atoms with van der Waals surface area (Å²) >= 11 is -1.40. The van der Waals surface area contributed by atoms with Gasteiger partial charge in [0.15, 0.2) is 0 Å². The molecule has 0 aromatic heterocycles. The summed E-state index contributed by atoms with van der Waals surface area (Å²) < 4.78 is 48.5. The van der Waals surface area contributed by atoms with Crippen LogP contribution in [0.15, 0.2) is 48.5 Å². The summed E-state index contributed by atoms with van der Waals surface area (Å²) in [4.78, 5) is 2.19. The maximum absolute atomic E-state index is 12.2. The Balaban J connectivity index is 1.44. The van der Waals surface area contributed by atoms with Crippen LogP contribution in [0.5, 0.6) is 5.75 Å². The number of phenolic OH excluding ortho intramolecular Hbond substituents is 1. The third-order valence-corrected chi connectivity index (χ3v) is 8.42. The molecule has 1 unspecified atom stereocenters. The molecular weight excluding hydrogens is 495 g/mol. The number of unbranched alkanes of at least 4 members (excludes halogenated alkanes) is 3. The maximum atomic E-state index is 12.2. The number of hydrogen-bond acceptors (Lipinski definition) is 3. The Hall–Kier alpha value is -1.96. The van der Waals surface area contributed by atoms with Crippen LogP contribution in [-0.4, -0.2) is 52.4 Å². The summed E-state index contributed by atoms with van der Waals surface area (Å²) in [6.07, 6.45) is 4.01. The van der Waals surface area contributed by atoms with E-state index in [0.29, 0.717) is 17.9 Å². The fourth-order valence-corrected chi connectivity index (χ4v) is 6.18. The van der Waals surface area contributed by atoms with Crippen molar-refractivity contribution in [2.24, 2.45) is 0 Å². The second kappa shape index (κ2) is 14.8. The lowest BCUT2D eigenvalue weighted by molar-refractivity contribution is -0.129. The van der Waals surface area contributed by atoms with Gasteiger partial charge in [0, 0.05) is 13.0 Å². The number of rotatable bonds is 14. The van der Waals surface area contributed by atoms with E-state index in [1.807, 2.05) is 13.1 Å². The van der Waals surface area contributed by atoms with E-state index in [1.165, 1.54) is 27.8 Å². The van der Waals surface area contributed by atoms with Gasteiger partial charge >= 0.3 is 6.18 Å². The Morgan fingerprint density at radius 3 is 2.41 bits per heavy atom. The fourth-order valence-electron chi connectivity index (χ4n) is 5.07. The molecule has 2 aromatic rings. The SMILES string of the molecule is CN(CCCCCCC1=C(c2ccccc2)CCCc2cc(O)ccc21)CCC[S+]([O-])CCC(F)(F)F. The topological polar surface area (TPSA) is 46.5 Å². The first-order valence-corrected chi connectivity index (χ1v) is 14.9. The Kier molecular flexibility index (Phi) is 11.9. The lowest BCUT2D eigenvalue weighted by atomic mass is 9.89. The zero-order valence-corrected chi connectivity index (χ0v) is 22.7. The molecule has 204 valence electrons. The molecule has 0 heterocycles. The quantitative estimate of drug-likeness (QED) is 0.200. The van der Waals surface area contributed by atoms with E-state index in [9.17, 15) is 22.8 Å². The molecule has 1 aliphatic carbocycles. The molecule has 2 aromatic carbocycles. The van der Waals surface area contributed by atoms with Crippen molar-refractivity contribution in [3.8, 4) is 5.75 Å². The van der Waals surface area contributed by atoms with Crippen LogP contribution in [0.1, 0.15) is 74.5 Å². The lowest BCUT2D eigenvalue weighted by Crippen LogP contribution is -2.24. The fraction of sp³-hybridized carbons (Fsp3) is 0.533. The predicted octanol–water partition coefficient (Wildman–Crippen LogP) is 7.61. The van der Waals surface area contributed by atoms with Crippen LogP contribution >= 0.6 is 0 Å². The average molecular weight is 536 g/mol. The van der Waals surface area contributed by atoms with Gasteiger partial charge in [-0.05, 0) is 92.1 Å². The Bertz CT molecular complexity index is 994. The predicted molar refractivity (Wildman–Crippen MR) is 148 cm³/mol. The van der Waals surface area contributed by atoms with E-state index >= 15 is 0 Å². The van der Waals surface area contributed by atoms with Gasteiger partial charge in [0.1, 0.15) is 17.3 Å². The molecule has 1 aliphatic rings. The van der Waals surface area contributed by atoms with E-state index in [1.54, 1.807) is 6.07 Å². The van der Waals surface area contributed by atoms with Crippen molar-refractivity contribution in [3.05, 3.63) is 65.2 Å². The van der Waals surface area contributed by atoms with Gasteiger partial charge in [0.2, 0.25) is 0 Å². The number of allylic oxidation sites excluding steroid dienone is 2. The lowest BCUT2D eigenvalue weighted by Gasteiger charge is -2.18. The second-order valence-corrected chi connectivity index (χ2v) is 11.7. The molecule has 1 N–H and O–H groups in total. The molecule has 0 amide bonds. The number of aryl methyl sites for hydroxylation is 1. The molecule has 0 saturated carbocycles. The van der Waals surface area contributed by atoms with Gasteiger partial charge in [-0.1, -0.05) is 60.4 Å². The molecule has 0 spiro atoms. The van der Waals surface area contributed by atoms with E-state index < -0.39 is 23.8 Å². The van der Waals surface area contributed by atoms with E-state index in [2.05, 4.69) is 41.3 Å². The molecular formula is C30H40F3NO2S.